The fourth-order valence-electron chi connectivity index (χ4n) is 3.12. The van der Waals surface area contributed by atoms with E-state index in [0.29, 0.717) is 16.1 Å². The molecule has 5 nitrogen and oxygen atoms in total. The number of halogens is 1. The summed E-state index contributed by atoms with van der Waals surface area (Å²) >= 11 is 7.14. The fraction of sp³-hybridized carbons (Fsp3) is 0.211. The third-order valence-electron chi connectivity index (χ3n) is 4.29. The van der Waals surface area contributed by atoms with Gasteiger partial charge in [0.2, 0.25) is 11.8 Å². The maximum absolute atomic E-state index is 12.7. The van der Waals surface area contributed by atoms with Crippen LogP contribution in [0.5, 0.6) is 0 Å². The lowest BCUT2D eigenvalue weighted by atomic mass is 10.1. The largest absolute Gasteiger partial charge is 0.411 e. The van der Waals surface area contributed by atoms with Crippen LogP contribution in [0.25, 0.3) is 11.5 Å². The smallest absolute Gasteiger partial charge is 0.277 e. The minimum Gasteiger partial charge on any atom is -0.411 e. The van der Waals surface area contributed by atoms with Gasteiger partial charge < -0.3 is 9.32 Å². The highest BCUT2D eigenvalue weighted by atomic mass is 35.5. The molecule has 0 saturated heterocycles. The molecule has 2 heterocycles. The lowest BCUT2D eigenvalue weighted by molar-refractivity contribution is -0.116. The molecule has 0 N–H and O–H groups in total. The van der Waals surface area contributed by atoms with Crippen molar-refractivity contribution in [1.29, 1.82) is 0 Å². The zero-order valence-electron chi connectivity index (χ0n) is 14.1. The van der Waals surface area contributed by atoms with E-state index in [1.165, 1.54) is 17.3 Å². The van der Waals surface area contributed by atoms with Gasteiger partial charge >= 0.3 is 0 Å². The Morgan fingerprint density at radius 3 is 2.81 bits per heavy atom. The molecular formula is C19H16ClN3O2S. The molecule has 4 rings (SSSR count). The number of anilines is 1. The summed E-state index contributed by atoms with van der Waals surface area (Å²) in [6.45, 7) is 2.06. The number of para-hydroxylation sites is 1. The second kappa shape index (κ2) is 7.13. The van der Waals surface area contributed by atoms with Crippen molar-refractivity contribution in [2.24, 2.45) is 0 Å². The van der Waals surface area contributed by atoms with Crippen LogP contribution >= 0.6 is 23.4 Å². The van der Waals surface area contributed by atoms with Crippen molar-refractivity contribution in [3.05, 3.63) is 59.1 Å². The van der Waals surface area contributed by atoms with E-state index in [0.717, 1.165) is 17.7 Å². The average Bonchev–Trinajstić information content (AvgIpc) is 3.24. The molecule has 1 aliphatic rings. The number of nitrogens with zero attached hydrogens (tertiary/aromatic N) is 3. The highest BCUT2D eigenvalue weighted by molar-refractivity contribution is 7.99. The molecule has 0 radical (unpaired) electrons. The van der Waals surface area contributed by atoms with E-state index in [4.69, 9.17) is 16.0 Å². The number of rotatable bonds is 4. The molecule has 3 aromatic rings. The van der Waals surface area contributed by atoms with E-state index in [1.807, 2.05) is 35.2 Å². The summed E-state index contributed by atoms with van der Waals surface area (Å²) in [5.74, 6) is 0.705. The molecule has 0 bridgehead atoms. The summed E-state index contributed by atoms with van der Waals surface area (Å²) in [6.07, 6.45) is 0.883. The molecular weight excluding hydrogens is 370 g/mol. The van der Waals surface area contributed by atoms with Gasteiger partial charge in [-0.2, -0.15) is 0 Å². The number of benzene rings is 2. The lowest BCUT2D eigenvalue weighted by Crippen LogP contribution is -2.36. The normalized spacial score (nSPS) is 15.9. The summed E-state index contributed by atoms with van der Waals surface area (Å²) in [4.78, 5) is 14.6. The fourth-order valence-corrected chi connectivity index (χ4v) is 3.86. The molecule has 0 aliphatic carbocycles. The molecule has 26 heavy (non-hydrogen) atoms. The van der Waals surface area contributed by atoms with E-state index >= 15 is 0 Å². The topological polar surface area (TPSA) is 59.2 Å². The van der Waals surface area contributed by atoms with Gasteiger partial charge in [-0.15, -0.1) is 10.2 Å². The van der Waals surface area contributed by atoms with Crippen LogP contribution in [-0.2, 0) is 11.2 Å². The number of hydrogen-bond donors (Lipinski definition) is 0. The predicted molar refractivity (Wildman–Crippen MR) is 103 cm³/mol. The maximum Gasteiger partial charge on any atom is 0.277 e. The molecule has 1 atom stereocenters. The Labute approximate surface area is 160 Å². The number of carbonyl (C=O) groups is 1. The first kappa shape index (κ1) is 17.1. The average molecular weight is 386 g/mol. The summed E-state index contributed by atoms with van der Waals surface area (Å²) < 4.78 is 5.65. The Bertz CT molecular complexity index is 942. The first-order chi connectivity index (χ1) is 12.6. The Kier molecular flexibility index (Phi) is 4.70. The van der Waals surface area contributed by atoms with Gasteiger partial charge in [-0.05, 0) is 49.2 Å². The molecule has 0 fully saturated rings. The number of hydrogen-bond acceptors (Lipinski definition) is 5. The molecule has 1 aliphatic heterocycles. The van der Waals surface area contributed by atoms with Gasteiger partial charge in [-0.1, -0.05) is 41.6 Å². The third-order valence-corrected chi connectivity index (χ3v) is 5.35. The summed E-state index contributed by atoms with van der Waals surface area (Å²) in [6, 6.07) is 15.4. The number of carbonyl (C=O) groups excluding carboxylic acids is 1. The van der Waals surface area contributed by atoms with Crippen LogP contribution in [0.2, 0.25) is 5.02 Å². The van der Waals surface area contributed by atoms with Gasteiger partial charge in [-0.25, -0.2) is 0 Å². The maximum atomic E-state index is 12.7. The summed E-state index contributed by atoms with van der Waals surface area (Å²) in [7, 11) is 0. The monoisotopic (exact) mass is 385 g/mol. The van der Waals surface area contributed by atoms with Crippen molar-refractivity contribution in [2.75, 3.05) is 10.7 Å². The van der Waals surface area contributed by atoms with Crippen molar-refractivity contribution in [2.45, 2.75) is 24.6 Å². The van der Waals surface area contributed by atoms with Crippen molar-refractivity contribution in [3.63, 3.8) is 0 Å². The second-order valence-corrected chi connectivity index (χ2v) is 7.48. The molecule has 0 saturated carbocycles. The number of thioether (sulfide) groups is 1. The quantitative estimate of drug-likeness (QED) is 0.620. The molecule has 1 unspecified atom stereocenters. The zero-order chi connectivity index (χ0) is 18.1. The summed E-state index contributed by atoms with van der Waals surface area (Å²) in [5, 5.41) is 9.08. The highest BCUT2D eigenvalue weighted by Crippen LogP contribution is 2.33. The molecule has 1 aromatic heterocycles. The third kappa shape index (κ3) is 3.34. The van der Waals surface area contributed by atoms with Crippen LogP contribution in [0.15, 0.2) is 58.2 Å². The zero-order valence-corrected chi connectivity index (χ0v) is 15.6. The minimum atomic E-state index is 0.0405. The molecule has 2 aromatic carbocycles. The van der Waals surface area contributed by atoms with E-state index in [1.54, 1.807) is 12.1 Å². The Morgan fingerprint density at radius 2 is 2.00 bits per heavy atom. The first-order valence-corrected chi connectivity index (χ1v) is 9.60. The Hall–Kier alpha value is -2.31. The van der Waals surface area contributed by atoms with Crippen LogP contribution in [0.3, 0.4) is 0 Å². The van der Waals surface area contributed by atoms with Crippen molar-refractivity contribution in [3.8, 4) is 11.5 Å². The van der Waals surface area contributed by atoms with Crippen LogP contribution in [0.4, 0.5) is 5.69 Å². The van der Waals surface area contributed by atoms with Gasteiger partial charge in [0.15, 0.2) is 0 Å². The van der Waals surface area contributed by atoms with E-state index in [-0.39, 0.29) is 17.7 Å². The van der Waals surface area contributed by atoms with Gasteiger partial charge in [0.05, 0.1) is 5.75 Å². The van der Waals surface area contributed by atoms with Gasteiger partial charge in [-0.3, -0.25) is 4.79 Å². The van der Waals surface area contributed by atoms with Gasteiger partial charge in [0, 0.05) is 22.3 Å². The van der Waals surface area contributed by atoms with Crippen LogP contribution in [0.1, 0.15) is 12.5 Å². The van der Waals surface area contributed by atoms with E-state index in [2.05, 4.69) is 23.2 Å². The number of amides is 1. The van der Waals surface area contributed by atoms with Gasteiger partial charge in [0.25, 0.3) is 5.22 Å². The van der Waals surface area contributed by atoms with Crippen LogP contribution in [0, 0.1) is 0 Å². The summed E-state index contributed by atoms with van der Waals surface area (Å²) in [5.41, 5.74) is 3.00. The number of fused-ring (bicyclic) bond motifs is 1. The lowest BCUT2D eigenvalue weighted by Gasteiger charge is -2.22. The molecule has 7 heteroatoms. The minimum absolute atomic E-state index is 0.0405. The molecule has 1 amide bonds. The Morgan fingerprint density at radius 1 is 1.23 bits per heavy atom. The first-order valence-electron chi connectivity index (χ1n) is 8.24. The van der Waals surface area contributed by atoms with E-state index < -0.39 is 0 Å². The van der Waals surface area contributed by atoms with Crippen LogP contribution in [-0.4, -0.2) is 27.9 Å². The molecule has 0 spiro atoms. The van der Waals surface area contributed by atoms with Gasteiger partial charge in [0.1, 0.15) is 0 Å². The predicted octanol–water partition coefficient (Wildman–Crippen LogP) is 4.46. The van der Waals surface area contributed by atoms with E-state index in [9.17, 15) is 4.79 Å². The SMILES string of the molecule is CC1Cc2ccccc2N1C(=O)CSc1nnc(-c2ccc(Cl)cc2)o1. The van der Waals surface area contributed by atoms with Crippen molar-refractivity contribution in [1.82, 2.24) is 10.2 Å². The van der Waals surface area contributed by atoms with Crippen LogP contribution < -0.4 is 4.90 Å². The van der Waals surface area contributed by atoms with Crippen molar-refractivity contribution >= 4 is 35.0 Å². The highest BCUT2D eigenvalue weighted by Gasteiger charge is 2.30. The second-order valence-electron chi connectivity index (χ2n) is 6.11. The standard InChI is InChI=1S/C19H16ClN3O2S/c1-12-10-14-4-2-3-5-16(14)23(12)17(24)11-26-19-22-21-18(25-19)13-6-8-15(20)9-7-13/h2-9,12H,10-11H2,1H3. The van der Waals surface area contributed by atoms with Crippen molar-refractivity contribution < 1.29 is 9.21 Å². The number of aromatic nitrogens is 2. The molecule has 132 valence electrons. The Balaban J connectivity index is 1.43.